The van der Waals surface area contributed by atoms with Crippen molar-refractivity contribution in [3.8, 4) is 0 Å². The third-order valence-corrected chi connectivity index (χ3v) is 5.39. The second-order valence-electron chi connectivity index (χ2n) is 7.02. The van der Waals surface area contributed by atoms with Crippen molar-refractivity contribution in [1.82, 2.24) is 15.5 Å². The van der Waals surface area contributed by atoms with Gasteiger partial charge in [-0.3, -0.25) is 15.0 Å². The van der Waals surface area contributed by atoms with E-state index in [0.717, 1.165) is 32.4 Å². The van der Waals surface area contributed by atoms with Crippen molar-refractivity contribution in [3.05, 3.63) is 71.3 Å². The van der Waals surface area contributed by atoms with Crippen molar-refractivity contribution in [2.24, 2.45) is 0 Å². The lowest BCUT2D eigenvalue weighted by atomic mass is 9.85. The summed E-state index contributed by atoms with van der Waals surface area (Å²) in [7, 11) is 0. The molecule has 0 radical (unpaired) electrons. The molecule has 2 heterocycles. The lowest BCUT2D eigenvalue weighted by Crippen LogP contribution is -2.51. The molecule has 3 amide bonds. The van der Waals surface area contributed by atoms with Gasteiger partial charge in [0.15, 0.2) is 0 Å². The molecule has 2 aliphatic rings. The van der Waals surface area contributed by atoms with Crippen LogP contribution < -0.4 is 10.6 Å². The molecule has 2 N–H and O–H groups in total. The first-order valence-electron chi connectivity index (χ1n) is 9.19. The Morgan fingerprint density at radius 1 is 0.963 bits per heavy atom. The highest BCUT2D eigenvalue weighted by molar-refractivity contribution is 6.04. The van der Waals surface area contributed by atoms with Gasteiger partial charge in [0.1, 0.15) is 0 Å². The van der Waals surface area contributed by atoms with E-state index in [1.54, 1.807) is 24.3 Å². The summed E-state index contributed by atoms with van der Waals surface area (Å²) in [6.45, 7) is 2.05. The van der Waals surface area contributed by atoms with Crippen LogP contribution in [0.3, 0.4) is 0 Å². The zero-order valence-corrected chi connectivity index (χ0v) is 15.9. The molecule has 142 valence electrons. The summed E-state index contributed by atoms with van der Waals surface area (Å²) in [6.07, 6.45) is 2.88. The van der Waals surface area contributed by atoms with Crippen molar-refractivity contribution in [2.75, 3.05) is 13.1 Å². The van der Waals surface area contributed by atoms with Crippen molar-refractivity contribution in [1.29, 1.82) is 0 Å². The standard InChI is InChI=1S/C21H23N3O2.ClH/c25-20(16-7-2-1-3-8-16)23-21(26)22-17-11-13-24-12-10-15-6-4-5-9-18(15)19(24)14-17;/h1-9,17,19H,10-14H2,(H2,22,23,25,26);1H. The van der Waals surface area contributed by atoms with Crippen molar-refractivity contribution in [2.45, 2.75) is 31.3 Å². The fraction of sp³-hybridized carbons (Fsp3) is 0.333. The highest BCUT2D eigenvalue weighted by Crippen LogP contribution is 2.36. The van der Waals surface area contributed by atoms with Crippen LogP contribution in [-0.2, 0) is 6.42 Å². The highest BCUT2D eigenvalue weighted by atomic mass is 35.5. The number of halogens is 1. The van der Waals surface area contributed by atoms with Gasteiger partial charge < -0.3 is 5.32 Å². The van der Waals surface area contributed by atoms with Crippen LogP contribution in [0.4, 0.5) is 4.79 Å². The molecule has 2 aromatic rings. The second-order valence-corrected chi connectivity index (χ2v) is 7.02. The van der Waals surface area contributed by atoms with Crippen LogP contribution >= 0.6 is 12.4 Å². The maximum Gasteiger partial charge on any atom is 0.321 e. The normalized spacial score (nSPS) is 21.2. The predicted molar refractivity (Wildman–Crippen MR) is 107 cm³/mol. The van der Waals surface area contributed by atoms with E-state index in [1.165, 1.54) is 11.1 Å². The van der Waals surface area contributed by atoms with Crippen LogP contribution in [0.5, 0.6) is 0 Å². The zero-order chi connectivity index (χ0) is 17.9. The predicted octanol–water partition coefficient (Wildman–Crippen LogP) is 3.31. The van der Waals surface area contributed by atoms with Gasteiger partial charge in [0.25, 0.3) is 5.91 Å². The summed E-state index contributed by atoms with van der Waals surface area (Å²) in [6, 6.07) is 17.4. The molecule has 0 aromatic heterocycles. The van der Waals surface area contributed by atoms with Crippen LogP contribution in [0.1, 0.15) is 40.4 Å². The minimum Gasteiger partial charge on any atom is -0.335 e. The molecule has 2 aromatic carbocycles. The Hall–Kier alpha value is -2.37. The lowest BCUT2D eigenvalue weighted by molar-refractivity contribution is 0.0956. The highest BCUT2D eigenvalue weighted by Gasteiger charge is 2.33. The molecule has 0 bridgehead atoms. The van der Waals surface area contributed by atoms with Crippen LogP contribution in [0.25, 0.3) is 0 Å². The molecular weight excluding hydrogens is 362 g/mol. The van der Waals surface area contributed by atoms with Gasteiger partial charge in [-0.05, 0) is 42.5 Å². The Kier molecular flexibility index (Phi) is 6.14. The smallest absolute Gasteiger partial charge is 0.321 e. The third-order valence-electron chi connectivity index (χ3n) is 5.39. The number of nitrogens with one attached hydrogen (secondary N) is 2. The molecule has 27 heavy (non-hydrogen) atoms. The van der Waals surface area contributed by atoms with E-state index in [4.69, 9.17) is 0 Å². The summed E-state index contributed by atoms with van der Waals surface area (Å²) >= 11 is 0. The van der Waals surface area contributed by atoms with E-state index < -0.39 is 6.03 Å². The Morgan fingerprint density at radius 3 is 2.52 bits per heavy atom. The SMILES string of the molecule is Cl.O=C(NC(=O)c1ccccc1)NC1CCN2CCc3ccccc3C2C1. The van der Waals surface area contributed by atoms with Crippen molar-refractivity contribution in [3.63, 3.8) is 0 Å². The monoisotopic (exact) mass is 385 g/mol. The maximum atomic E-state index is 12.2. The van der Waals surface area contributed by atoms with E-state index in [-0.39, 0.29) is 24.4 Å². The first-order chi connectivity index (χ1) is 12.7. The number of imide groups is 1. The number of carbonyl (C=O) groups excluding carboxylic acids is 2. The van der Waals surface area contributed by atoms with Gasteiger partial charge >= 0.3 is 6.03 Å². The van der Waals surface area contributed by atoms with Gasteiger partial charge in [-0.1, -0.05) is 42.5 Å². The van der Waals surface area contributed by atoms with E-state index in [1.807, 2.05) is 6.07 Å². The largest absolute Gasteiger partial charge is 0.335 e. The molecule has 2 unspecified atom stereocenters. The molecule has 1 saturated heterocycles. The minimum atomic E-state index is -0.415. The van der Waals surface area contributed by atoms with Gasteiger partial charge in [0.05, 0.1) is 0 Å². The molecule has 0 aliphatic carbocycles. The van der Waals surface area contributed by atoms with E-state index in [9.17, 15) is 9.59 Å². The topological polar surface area (TPSA) is 61.4 Å². The summed E-state index contributed by atoms with van der Waals surface area (Å²) < 4.78 is 0. The lowest BCUT2D eigenvalue weighted by Gasteiger charge is -2.43. The average Bonchev–Trinajstić information content (AvgIpc) is 2.68. The minimum absolute atomic E-state index is 0. The molecule has 4 rings (SSSR count). The van der Waals surface area contributed by atoms with Crippen LogP contribution in [0.15, 0.2) is 54.6 Å². The van der Waals surface area contributed by atoms with Gasteiger partial charge in [0.2, 0.25) is 0 Å². The van der Waals surface area contributed by atoms with E-state index >= 15 is 0 Å². The number of piperidine rings is 1. The molecule has 1 fully saturated rings. The quantitative estimate of drug-likeness (QED) is 0.833. The average molecular weight is 386 g/mol. The second kappa shape index (κ2) is 8.55. The number of carbonyl (C=O) groups is 2. The number of nitrogens with zero attached hydrogens (tertiary/aromatic N) is 1. The summed E-state index contributed by atoms with van der Waals surface area (Å²) in [4.78, 5) is 26.9. The first kappa shape index (κ1) is 19.4. The number of hydrogen-bond acceptors (Lipinski definition) is 3. The van der Waals surface area contributed by atoms with E-state index in [2.05, 4.69) is 39.8 Å². The summed E-state index contributed by atoms with van der Waals surface area (Å²) in [5.41, 5.74) is 3.28. The number of rotatable bonds is 2. The molecule has 0 saturated carbocycles. The summed E-state index contributed by atoms with van der Waals surface area (Å²) in [5, 5.41) is 5.42. The van der Waals surface area contributed by atoms with Gasteiger partial charge in [-0.2, -0.15) is 0 Å². The number of hydrogen-bond donors (Lipinski definition) is 2. The Bertz CT molecular complexity index is 812. The molecule has 5 nitrogen and oxygen atoms in total. The van der Waals surface area contributed by atoms with Crippen molar-refractivity contribution < 1.29 is 9.59 Å². The molecular formula is C21H24ClN3O2. The van der Waals surface area contributed by atoms with Gasteiger partial charge in [-0.25, -0.2) is 4.79 Å². The fourth-order valence-electron chi connectivity index (χ4n) is 4.07. The van der Waals surface area contributed by atoms with Gasteiger partial charge in [-0.15, -0.1) is 12.4 Å². The zero-order valence-electron chi connectivity index (χ0n) is 15.1. The van der Waals surface area contributed by atoms with Crippen molar-refractivity contribution >= 4 is 24.3 Å². The maximum absolute atomic E-state index is 12.2. The van der Waals surface area contributed by atoms with Gasteiger partial charge in [0, 0.05) is 30.7 Å². The first-order valence-corrected chi connectivity index (χ1v) is 9.19. The Labute approximate surface area is 165 Å². The summed E-state index contributed by atoms with van der Waals surface area (Å²) in [5.74, 6) is -0.372. The number of amides is 3. The van der Waals surface area contributed by atoms with Crippen LogP contribution in [0, 0.1) is 0 Å². The Morgan fingerprint density at radius 2 is 1.70 bits per heavy atom. The van der Waals surface area contributed by atoms with Crippen LogP contribution in [0.2, 0.25) is 0 Å². The molecule has 0 spiro atoms. The number of benzene rings is 2. The van der Waals surface area contributed by atoms with Crippen LogP contribution in [-0.4, -0.2) is 36.0 Å². The number of fused-ring (bicyclic) bond motifs is 3. The fourth-order valence-corrected chi connectivity index (χ4v) is 4.07. The molecule has 2 aliphatic heterocycles. The Balaban J connectivity index is 0.00000210. The van der Waals surface area contributed by atoms with E-state index in [0.29, 0.717) is 11.6 Å². The molecule has 6 heteroatoms. The third kappa shape index (κ3) is 4.31. The number of urea groups is 1. The molecule has 2 atom stereocenters.